The maximum Gasteiger partial charge on any atom is 0.322 e. The molecule has 1 aromatic heterocycles. The second-order valence-electron chi connectivity index (χ2n) is 5.70. The van der Waals surface area contributed by atoms with E-state index in [1.807, 2.05) is 0 Å². The van der Waals surface area contributed by atoms with Crippen molar-refractivity contribution in [3.05, 3.63) is 47.2 Å². The van der Waals surface area contributed by atoms with Crippen molar-refractivity contribution in [2.24, 2.45) is 0 Å². The van der Waals surface area contributed by atoms with E-state index in [-0.39, 0.29) is 12.5 Å². The van der Waals surface area contributed by atoms with E-state index in [9.17, 15) is 14.7 Å². The largest absolute Gasteiger partial charge is 0.480 e. The van der Waals surface area contributed by atoms with E-state index in [1.54, 1.807) is 53.3 Å². The van der Waals surface area contributed by atoms with Crippen molar-refractivity contribution in [3.8, 4) is 5.69 Å². The summed E-state index contributed by atoms with van der Waals surface area (Å²) < 4.78 is 1.64. The van der Waals surface area contributed by atoms with Crippen LogP contribution in [0.1, 0.15) is 10.4 Å². The first-order valence-corrected chi connectivity index (χ1v) is 7.87. The van der Waals surface area contributed by atoms with E-state index in [2.05, 4.69) is 5.10 Å². The quantitative estimate of drug-likeness (QED) is 0.906. The molecule has 7 nitrogen and oxygen atoms in total. The first-order valence-electron chi connectivity index (χ1n) is 7.49. The maximum atomic E-state index is 12.8. The summed E-state index contributed by atoms with van der Waals surface area (Å²) in [4.78, 5) is 27.4. The van der Waals surface area contributed by atoms with Gasteiger partial charge in [-0.2, -0.15) is 5.10 Å². The fourth-order valence-corrected chi connectivity index (χ4v) is 2.93. The number of hydrogen-bond acceptors (Lipinski definition) is 4. The number of aromatic nitrogens is 2. The Balaban J connectivity index is 1.87. The number of carboxylic acid groups (broad SMARTS) is 1. The van der Waals surface area contributed by atoms with Crippen LogP contribution >= 0.6 is 11.6 Å². The maximum absolute atomic E-state index is 12.8. The molecule has 1 aliphatic heterocycles. The highest BCUT2D eigenvalue weighted by Crippen LogP contribution is 2.22. The number of carbonyl (C=O) groups is 2. The van der Waals surface area contributed by atoms with E-state index >= 15 is 0 Å². The molecular formula is C16H17ClN4O3. The molecule has 8 heteroatoms. The Kier molecular flexibility index (Phi) is 4.55. The molecule has 3 rings (SSSR count). The highest BCUT2D eigenvalue weighted by atomic mass is 35.5. The predicted octanol–water partition coefficient (Wildman–Crippen LogP) is 1.37. The van der Waals surface area contributed by atoms with Crippen molar-refractivity contribution in [3.63, 3.8) is 0 Å². The molecule has 0 saturated carbocycles. The number of carbonyl (C=O) groups excluding carboxylic acids is 1. The van der Waals surface area contributed by atoms with E-state index < -0.39 is 12.0 Å². The van der Waals surface area contributed by atoms with E-state index in [1.165, 1.54) is 4.90 Å². The lowest BCUT2D eigenvalue weighted by Crippen LogP contribution is -2.56. The molecule has 1 fully saturated rings. The SMILES string of the molecule is CN1CCN(C(=O)c2cc(-n3cccn3)ccc2Cl)C[C@@H]1C(=O)O. The third-order valence-corrected chi connectivity index (χ3v) is 4.50. The molecule has 126 valence electrons. The van der Waals surface area contributed by atoms with Crippen LogP contribution < -0.4 is 0 Å². The number of benzene rings is 1. The van der Waals surface area contributed by atoms with Crippen molar-refractivity contribution < 1.29 is 14.7 Å². The molecule has 0 unspecified atom stereocenters. The van der Waals surface area contributed by atoms with Crippen molar-refractivity contribution >= 4 is 23.5 Å². The van der Waals surface area contributed by atoms with E-state index in [0.29, 0.717) is 23.7 Å². The fourth-order valence-electron chi connectivity index (χ4n) is 2.74. The summed E-state index contributed by atoms with van der Waals surface area (Å²) in [6.45, 7) is 1.09. The number of rotatable bonds is 3. The zero-order valence-electron chi connectivity index (χ0n) is 13.1. The van der Waals surface area contributed by atoms with Crippen LogP contribution in [0.15, 0.2) is 36.7 Å². The van der Waals surface area contributed by atoms with Crippen LogP contribution in [0.4, 0.5) is 0 Å². The topological polar surface area (TPSA) is 78.7 Å². The van der Waals surface area contributed by atoms with Crippen LogP contribution in [-0.2, 0) is 4.79 Å². The molecule has 0 radical (unpaired) electrons. The van der Waals surface area contributed by atoms with Gasteiger partial charge in [-0.05, 0) is 31.3 Å². The van der Waals surface area contributed by atoms with Crippen LogP contribution in [0.5, 0.6) is 0 Å². The lowest BCUT2D eigenvalue weighted by molar-refractivity contribution is -0.144. The van der Waals surface area contributed by atoms with Crippen molar-refractivity contribution in [2.45, 2.75) is 6.04 Å². The minimum Gasteiger partial charge on any atom is -0.480 e. The van der Waals surface area contributed by atoms with Gasteiger partial charge in [-0.15, -0.1) is 0 Å². The summed E-state index contributed by atoms with van der Waals surface area (Å²) in [6.07, 6.45) is 3.42. The molecule has 1 aliphatic rings. The normalized spacial score (nSPS) is 18.6. The van der Waals surface area contributed by atoms with E-state index in [0.717, 1.165) is 5.69 Å². The molecule has 1 amide bonds. The van der Waals surface area contributed by atoms with Gasteiger partial charge < -0.3 is 10.0 Å². The standard InChI is InChI=1S/C16H17ClN4O3/c1-19-7-8-20(10-14(19)16(23)24)15(22)12-9-11(3-4-13(12)17)21-6-2-5-18-21/h2-6,9,14H,7-8,10H2,1H3,(H,23,24)/t14-/m1/s1. The van der Waals surface area contributed by atoms with Crippen LogP contribution in [0.25, 0.3) is 5.69 Å². The zero-order valence-corrected chi connectivity index (χ0v) is 13.8. The number of likely N-dealkylation sites (N-methyl/N-ethyl adjacent to an activating group) is 1. The van der Waals surface area contributed by atoms with Gasteiger partial charge in [0.1, 0.15) is 6.04 Å². The number of halogens is 1. The molecule has 1 aromatic carbocycles. The summed E-state index contributed by atoms with van der Waals surface area (Å²) in [5, 5.41) is 13.8. The first-order chi connectivity index (χ1) is 11.5. The first kappa shape index (κ1) is 16.5. The minimum atomic E-state index is -0.939. The van der Waals surface area contributed by atoms with Crippen LogP contribution in [0.3, 0.4) is 0 Å². The van der Waals surface area contributed by atoms with Gasteiger partial charge in [0, 0.05) is 32.0 Å². The van der Waals surface area contributed by atoms with Crippen LogP contribution in [0.2, 0.25) is 5.02 Å². The predicted molar refractivity (Wildman–Crippen MR) is 88.5 cm³/mol. The highest BCUT2D eigenvalue weighted by molar-refractivity contribution is 6.33. The Morgan fingerprint density at radius 2 is 2.12 bits per heavy atom. The van der Waals surface area contributed by atoms with Crippen LogP contribution in [0, 0.1) is 0 Å². The van der Waals surface area contributed by atoms with Gasteiger partial charge in [-0.25, -0.2) is 4.68 Å². The van der Waals surface area contributed by atoms with Gasteiger partial charge in [0.25, 0.3) is 5.91 Å². The monoisotopic (exact) mass is 348 g/mol. The lowest BCUT2D eigenvalue weighted by Gasteiger charge is -2.37. The molecule has 2 aromatic rings. The molecule has 2 heterocycles. The summed E-state index contributed by atoms with van der Waals surface area (Å²) in [5.74, 6) is -1.21. The Hall–Kier alpha value is -2.38. The number of hydrogen-bond donors (Lipinski definition) is 1. The molecule has 1 N–H and O–H groups in total. The van der Waals surface area contributed by atoms with Gasteiger partial charge in [-0.1, -0.05) is 11.6 Å². The Labute approximate surface area is 144 Å². The summed E-state index contributed by atoms with van der Waals surface area (Å²) in [6, 6.07) is 6.17. The van der Waals surface area contributed by atoms with Crippen molar-refractivity contribution in [1.29, 1.82) is 0 Å². The van der Waals surface area contributed by atoms with E-state index in [4.69, 9.17) is 11.6 Å². The highest BCUT2D eigenvalue weighted by Gasteiger charge is 2.33. The second kappa shape index (κ2) is 6.62. The Morgan fingerprint density at radius 1 is 1.33 bits per heavy atom. The summed E-state index contributed by atoms with van der Waals surface area (Å²) >= 11 is 6.20. The average Bonchev–Trinajstić information content (AvgIpc) is 3.09. The number of nitrogens with zero attached hydrogens (tertiary/aromatic N) is 4. The molecule has 1 atom stereocenters. The van der Waals surface area contributed by atoms with Crippen molar-refractivity contribution in [2.75, 3.05) is 26.7 Å². The summed E-state index contributed by atoms with van der Waals surface area (Å²) in [7, 11) is 1.74. The molecule has 24 heavy (non-hydrogen) atoms. The Bertz CT molecular complexity index is 763. The summed E-state index contributed by atoms with van der Waals surface area (Å²) in [5.41, 5.74) is 1.06. The smallest absolute Gasteiger partial charge is 0.322 e. The Morgan fingerprint density at radius 3 is 2.79 bits per heavy atom. The lowest BCUT2D eigenvalue weighted by atomic mass is 10.1. The van der Waals surface area contributed by atoms with Crippen LogP contribution in [-0.4, -0.2) is 69.3 Å². The third-order valence-electron chi connectivity index (χ3n) is 4.17. The average molecular weight is 349 g/mol. The number of aliphatic carboxylic acids is 1. The molecule has 0 bridgehead atoms. The third kappa shape index (κ3) is 3.13. The number of carboxylic acids is 1. The molecule has 1 saturated heterocycles. The second-order valence-corrected chi connectivity index (χ2v) is 6.11. The number of amides is 1. The minimum absolute atomic E-state index is 0.132. The molecule has 0 aliphatic carbocycles. The van der Waals surface area contributed by atoms with Gasteiger partial charge in [0.2, 0.25) is 0 Å². The molecular weight excluding hydrogens is 332 g/mol. The van der Waals surface area contributed by atoms with Crippen molar-refractivity contribution in [1.82, 2.24) is 19.6 Å². The fraction of sp³-hybridized carbons (Fsp3) is 0.312. The molecule has 0 spiro atoms. The van der Waals surface area contributed by atoms with Gasteiger partial charge >= 0.3 is 5.97 Å². The van der Waals surface area contributed by atoms with Gasteiger partial charge in [-0.3, -0.25) is 14.5 Å². The number of piperazine rings is 1. The van der Waals surface area contributed by atoms with Gasteiger partial charge in [0.15, 0.2) is 0 Å². The van der Waals surface area contributed by atoms with Gasteiger partial charge in [0.05, 0.1) is 16.3 Å². The zero-order chi connectivity index (χ0) is 17.3.